The van der Waals surface area contributed by atoms with Gasteiger partial charge in [0.1, 0.15) is 18.3 Å². The standard InChI is InChI=1S/C18H17NO3/c19-15-14-12(16(20)18(22)17(15)21)8-7-10-6-5-9-3-1-2-4-11(9)13(10)14/h1-8,15-18,20-22H,19H2/t15-,16+,17+,18-/m1/s1. The van der Waals surface area contributed by atoms with Crippen LogP contribution in [0.4, 0.5) is 0 Å². The van der Waals surface area contributed by atoms with Crippen LogP contribution in [0.15, 0.2) is 48.5 Å². The van der Waals surface area contributed by atoms with Gasteiger partial charge in [0, 0.05) is 0 Å². The second kappa shape index (κ2) is 4.76. The summed E-state index contributed by atoms with van der Waals surface area (Å²) in [4.78, 5) is 0. The normalized spacial score (nSPS) is 28.0. The van der Waals surface area contributed by atoms with Crippen LogP contribution in [0.1, 0.15) is 23.3 Å². The Bertz CT molecular complexity index is 877. The molecule has 0 aliphatic heterocycles. The highest BCUT2D eigenvalue weighted by Crippen LogP contribution is 2.41. The molecule has 3 aromatic carbocycles. The van der Waals surface area contributed by atoms with Gasteiger partial charge in [0.2, 0.25) is 0 Å². The molecule has 22 heavy (non-hydrogen) atoms. The molecule has 0 unspecified atom stereocenters. The van der Waals surface area contributed by atoms with Gasteiger partial charge in [-0.1, -0.05) is 48.5 Å². The number of hydrogen-bond acceptors (Lipinski definition) is 4. The van der Waals surface area contributed by atoms with Gasteiger partial charge in [-0.05, 0) is 32.7 Å². The lowest BCUT2D eigenvalue weighted by atomic mass is 9.79. The summed E-state index contributed by atoms with van der Waals surface area (Å²) in [5, 5.41) is 34.5. The second-order valence-corrected chi connectivity index (χ2v) is 5.91. The smallest absolute Gasteiger partial charge is 0.112 e. The van der Waals surface area contributed by atoms with Crippen molar-refractivity contribution in [1.82, 2.24) is 0 Å². The molecule has 1 aliphatic carbocycles. The van der Waals surface area contributed by atoms with Crippen molar-refractivity contribution in [3.05, 3.63) is 59.7 Å². The average Bonchev–Trinajstić information content (AvgIpc) is 2.56. The number of hydrogen-bond donors (Lipinski definition) is 4. The maximum absolute atomic E-state index is 10.3. The molecule has 4 atom stereocenters. The molecule has 0 bridgehead atoms. The van der Waals surface area contributed by atoms with Crippen molar-refractivity contribution in [2.75, 3.05) is 0 Å². The Labute approximate surface area is 127 Å². The predicted molar refractivity (Wildman–Crippen MR) is 85.4 cm³/mol. The molecule has 0 aromatic heterocycles. The Kier molecular flexibility index (Phi) is 2.96. The summed E-state index contributed by atoms with van der Waals surface area (Å²) >= 11 is 0. The Morgan fingerprint density at radius 3 is 2.27 bits per heavy atom. The topological polar surface area (TPSA) is 86.7 Å². The molecule has 0 fully saturated rings. The van der Waals surface area contributed by atoms with Crippen molar-refractivity contribution in [3.8, 4) is 0 Å². The Morgan fingerprint density at radius 2 is 1.45 bits per heavy atom. The summed E-state index contributed by atoms with van der Waals surface area (Å²) < 4.78 is 0. The van der Waals surface area contributed by atoms with Gasteiger partial charge in [0.05, 0.1) is 6.04 Å². The summed E-state index contributed by atoms with van der Waals surface area (Å²) in [5.41, 5.74) is 7.49. The molecule has 5 N–H and O–H groups in total. The van der Waals surface area contributed by atoms with Crippen molar-refractivity contribution in [2.45, 2.75) is 24.4 Å². The minimum Gasteiger partial charge on any atom is -0.388 e. The first-order valence-electron chi connectivity index (χ1n) is 7.33. The highest BCUT2D eigenvalue weighted by molar-refractivity contribution is 6.09. The zero-order valence-electron chi connectivity index (χ0n) is 11.8. The van der Waals surface area contributed by atoms with Crippen LogP contribution in [0.3, 0.4) is 0 Å². The lowest BCUT2D eigenvalue weighted by Crippen LogP contribution is -2.45. The lowest BCUT2D eigenvalue weighted by Gasteiger charge is -2.36. The summed E-state index contributed by atoms with van der Waals surface area (Å²) in [5.74, 6) is 0. The van der Waals surface area contributed by atoms with Gasteiger partial charge in [0.25, 0.3) is 0 Å². The van der Waals surface area contributed by atoms with E-state index in [1.165, 1.54) is 0 Å². The monoisotopic (exact) mass is 295 g/mol. The first-order valence-corrected chi connectivity index (χ1v) is 7.33. The van der Waals surface area contributed by atoms with E-state index in [0.29, 0.717) is 5.56 Å². The third-order valence-electron chi connectivity index (χ3n) is 4.68. The van der Waals surface area contributed by atoms with Crippen LogP contribution in [-0.4, -0.2) is 27.5 Å². The second-order valence-electron chi connectivity index (χ2n) is 5.91. The van der Waals surface area contributed by atoms with E-state index in [4.69, 9.17) is 5.73 Å². The van der Waals surface area contributed by atoms with E-state index < -0.39 is 24.4 Å². The molecule has 112 valence electrons. The molecular weight excluding hydrogens is 278 g/mol. The molecule has 1 aliphatic rings. The Balaban J connectivity index is 2.17. The Hall–Kier alpha value is -1.98. The third-order valence-corrected chi connectivity index (χ3v) is 4.68. The van der Waals surface area contributed by atoms with Crippen molar-refractivity contribution in [1.29, 1.82) is 0 Å². The highest BCUT2D eigenvalue weighted by atomic mass is 16.4. The van der Waals surface area contributed by atoms with Crippen LogP contribution in [-0.2, 0) is 0 Å². The van der Waals surface area contributed by atoms with E-state index in [0.717, 1.165) is 27.1 Å². The molecule has 0 radical (unpaired) electrons. The van der Waals surface area contributed by atoms with Gasteiger partial charge in [-0.25, -0.2) is 0 Å². The first kappa shape index (κ1) is 13.7. The van der Waals surface area contributed by atoms with Crippen molar-refractivity contribution in [2.24, 2.45) is 5.73 Å². The molecule has 0 amide bonds. The zero-order chi connectivity index (χ0) is 15.4. The van der Waals surface area contributed by atoms with E-state index in [9.17, 15) is 15.3 Å². The minimum atomic E-state index is -1.27. The van der Waals surface area contributed by atoms with E-state index >= 15 is 0 Å². The first-order chi connectivity index (χ1) is 10.6. The van der Waals surface area contributed by atoms with Crippen molar-refractivity contribution >= 4 is 21.5 Å². The molecule has 0 spiro atoms. The maximum Gasteiger partial charge on any atom is 0.112 e. The molecule has 0 saturated heterocycles. The van der Waals surface area contributed by atoms with Gasteiger partial charge in [-0.2, -0.15) is 0 Å². The molecular formula is C18H17NO3. The molecule has 4 heteroatoms. The van der Waals surface area contributed by atoms with Gasteiger partial charge in [-0.15, -0.1) is 0 Å². The van der Waals surface area contributed by atoms with E-state index in [1.54, 1.807) is 6.07 Å². The van der Waals surface area contributed by atoms with Gasteiger partial charge in [-0.3, -0.25) is 0 Å². The van der Waals surface area contributed by atoms with Gasteiger partial charge >= 0.3 is 0 Å². The molecule has 4 nitrogen and oxygen atoms in total. The van der Waals surface area contributed by atoms with Crippen LogP contribution in [0, 0.1) is 0 Å². The molecule has 0 heterocycles. The fourth-order valence-corrected chi connectivity index (χ4v) is 3.51. The van der Waals surface area contributed by atoms with Crippen molar-refractivity contribution in [3.63, 3.8) is 0 Å². The van der Waals surface area contributed by atoms with Crippen molar-refractivity contribution < 1.29 is 15.3 Å². The van der Waals surface area contributed by atoms with E-state index in [2.05, 4.69) is 0 Å². The summed E-state index contributed by atoms with van der Waals surface area (Å²) in [7, 11) is 0. The number of aliphatic hydroxyl groups is 3. The average molecular weight is 295 g/mol. The largest absolute Gasteiger partial charge is 0.388 e. The van der Waals surface area contributed by atoms with Crippen LogP contribution in [0.25, 0.3) is 21.5 Å². The molecule has 4 rings (SSSR count). The number of rotatable bonds is 0. The van der Waals surface area contributed by atoms with E-state index in [-0.39, 0.29) is 0 Å². The Morgan fingerprint density at radius 1 is 0.773 bits per heavy atom. The van der Waals surface area contributed by atoms with Crippen LogP contribution in [0.2, 0.25) is 0 Å². The summed E-state index contributed by atoms with van der Waals surface area (Å²) in [6.07, 6.45) is -3.59. The maximum atomic E-state index is 10.3. The number of benzene rings is 3. The predicted octanol–water partition coefficient (Wildman–Crippen LogP) is 1.76. The fourth-order valence-electron chi connectivity index (χ4n) is 3.51. The molecule has 3 aromatic rings. The van der Waals surface area contributed by atoms with Crippen LogP contribution >= 0.6 is 0 Å². The number of nitrogens with two attached hydrogens (primary N) is 1. The number of aliphatic hydroxyl groups excluding tert-OH is 3. The quantitative estimate of drug-likeness (QED) is 0.476. The minimum absolute atomic E-state index is 0.592. The lowest BCUT2D eigenvalue weighted by molar-refractivity contribution is -0.0793. The summed E-state index contributed by atoms with van der Waals surface area (Å²) in [6, 6.07) is 15.0. The zero-order valence-corrected chi connectivity index (χ0v) is 11.8. The summed E-state index contributed by atoms with van der Waals surface area (Å²) in [6.45, 7) is 0. The fraction of sp³-hybridized carbons (Fsp3) is 0.222. The SMILES string of the molecule is N[C@@H]1c2c(ccc3ccc4ccccc4c23)[C@H](O)[C@@H](O)[C@H]1O. The van der Waals surface area contributed by atoms with Gasteiger partial charge < -0.3 is 21.1 Å². The van der Waals surface area contributed by atoms with Gasteiger partial charge in [0.15, 0.2) is 0 Å². The molecule has 0 saturated carbocycles. The van der Waals surface area contributed by atoms with Crippen LogP contribution in [0.5, 0.6) is 0 Å². The highest BCUT2D eigenvalue weighted by Gasteiger charge is 2.39. The third kappa shape index (κ3) is 1.72. The number of fused-ring (bicyclic) bond motifs is 5. The van der Waals surface area contributed by atoms with Crippen LogP contribution < -0.4 is 5.73 Å². The van der Waals surface area contributed by atoms with E-state index in [1.807, 2.05) is 42.5 Å².